The van der Waals surface area contributed by atoms with Crippen molar-refractivity contribution in [3.05, 3.63) is 33.3 Å². The van der Waals surface area contributed by atoms with E-state index in [2.05, 4.69) is 15.5 Å². The molecule has 0 bridgehead atoms. The summed E-state index contributed by atoms with van der Waals surface area (Å²) in [4.78, 5) is 10.9. The molecular weight excluding hydrogens is 272 g/mol. The first kappa shape index (κ1) is 15.0. The Morgan fingerprint density at radius 1 is 1.38 bits per heavy atom. The SMILES string of the molecule is CCCc1nn(C)c(NCc2cn(C)nc2C)c1[N+](=O)[O-]. The highest BCUT2D eigenvalue weighted by Gasteiger charge is 2.26. The van der Waals surface area contributed by atoms with E-state index in [0.717, 1.165) is 17.7 Å². The van der Waals surface area contributed by atoms with E-state index in [1.807, 2.05) is 27.1 Å². The van der Waals surface area contributed by atoms with Crippen molar-refractivity contribution in [2.24, 2.45) is 14.1 Å². The van der Waals surface area contributed by atoms with Crippen molar-refractivity contribution in [2.45, 2.75) is 33.2 Å². The quantitative estimate of drug-likeness (QED) is 0.649. The molecule has 2 aromatic rings. The number of aryl methyl sites for hydroxylation is 4. The van der Waals surface area contributed by atoms with E-state index in [0.29, 0.717) is 24.5 Å². The highest BCUT2D eigenvalue weighted by Crippen LogP contribution is 2.29. The van der Waals surface area contributed by atoms with Gasteiger partial charge in [0.15, 0.2) is 0 Å². The van der Waals surface area contributed by atoms with Gasteiger partial charge in [-0.3, -0.25) is 14.8 Å². The van der Waals surface area contributed by atoms with Crippen molar-refractivity contribution in [3.8, 4) is 0 Å². The van der Waals surface area contributed by atoms with Crippen LogP contribution in [0.25, 0.3) is 0 Å². The van der Waals surface area contributed by atoms with E-state index in [9.17, 15) is 10.1 Å². The number of nitrogens with one attached hydrogen (secondary N) is 1. The molecule has 0 saturated heterocycles. The Labute approximate surface area is 122 Å². The molecule has 0 aliphatic rings. The number of hydrogen-bond acceptors (Lipinski definition) is 5. The van der Waals surface area contributed by atoms with Crippen molar-refractivity contribution < 1.29 is 4.92 Å². The molecule has 0 saturated carbocycles. The zero-order valence-corrected chi connectivity index (χ0v) is 12.8. The molecule has 114 valence electrons. The van der Waals surface area contributed by atoms with Gasteiger partial charge in [-0.1, -0.05) is 13.3 Å². The van der Waals surface area contributed by atoms with Crippen LogP contribution in [0.15, 0.2) is 6.20 Å². The summed E-state index contributed by atoms with van der Waals surface area (Å²) in [5.41, 5.74) is 2.50. The normalized spacial score (nSPS) is 10.9. The van der Waals surface area contributed by atoms with Crippen molar-refractivity contribution in [1.29, 1.82) is 0 Å². The van der Waals surface area contributed by atoms with Crippen LogP contribution in [-0.2, 0) is 27.1 Å². The van der Waals surface area contributed by atoms with Gasteiger partial charge in [0.25, 0.3) is 0 Å². The summed E-state index contributed by atoms with van der Waals surface area (Å²) >= 11 is 0. The minimum atomic E-state index is -0.365. The molecule has 0 aliphatic carbocycles. The van der Waals surface area contributed by atoms with Gasteiger partial charge in [-0.2, -0.15) is 10.2 Å². The Kier molecular flexibility index (Phi) is 4.25. The molecule has 0 radical (unpaired) electrons. The van der Waals surface area contributed by atoms with E-state index in [4.69, 9.17) is 0 Å². The molecule has 8 heteroatoms. The fourth-order valence-electron chi connectivity index (χ4n) is 2.36. The second kappa shape index (κ2) is 5.94. The predicted octanol–water partition coefficient (Wildman–Crippen LogP) is 1.93. The minimum absolute atomic E-state index is 0.0703. The minimum Gasteiger partial charge on any atom is -0.360 e. The second-order valence-corrected chi connectivity index (χ2v) is 5.04. The van der Waals surface area contributed by atoms with E-state index < -0.39 is 0 Å². The molecule has 2 heterocycles. The van der Waals surface area contributed by atoms with Crippen LogP contribution in [0.4, 0.5) is 11.5 Å². The fraction of sp³-hybridized carbons (Fsp3) is 0.538. The maximum Gasteiger partial charge on any atom is 0.334 e. The van der Waals surface area contributed by atoms with E-state index in [-0.39, 0.29) is 10.6 Å². The molecule has 1 N–H and O–H groups in total. The smallest absolute Gasteiger partial charge is 0.334 e. The van der Waals surface area contributed by atoms with Crippen LogP contribution in [0.5, 0.6) is 0 Å². The Balaban J connectivity index is 2.27. The lowest BCUT2D eigenvalue weighted by Gasteiger charge is -2.05. The summed E-state index contributed by atoms with van der Waals surface area (Å²) in [5, 5.41) is 22.9. The van der Waals surface area contributed by atoms with Crippen molar-refractivity contribution >= 4 is 11.5 Å². The van der Waals surface area contributed by atoms with Crippen LogP contribution in [0.3, 0.4) is 0 Å². The summed E-state index contributed by atoms with van der Waals surface area (Å²) in [5.74, 6) is 0.437. The zero-order chi connectivity index (χ0) is 15.6. The van der Waals surface area contributed by atoms with Crippen molar-refractivity contribution in [3.63, 3.8) is 0 Å². The van der Waals surface area contributed by atoms with E-state index in [1.165, 1.54) is 4.68 Å². The van der Waals surface area contributed by atoms with Gasteiger partial charge in [0.05, 0.1) is 10.6 Å². The van der Waals surface area contributed by atoms with Crippen LogP contribution in [0, 0.1) is 17.0 Å². The van der Waals surface area contributed by atoms with Gasteiger partial charge >= 0.3 is 5.69 Å². The van der Waals surface area contributed by atoms with Crippen molar-refractivity contribution in [2.75, 3.05) is 5.32 Å². The maximum atomic E-state index is 11.3. The largest absolute Gasteiger partial charge is 0.360 e. The molecule has 0 unspecified atom stereocenters. The molecule has 0 aromatic carbocycles. The molecule has 2 rings (SSSR count). The van der Waals surface area contributed by atoms with Gasteiger partial charge in [0.1, 0.15) is 5.69 Å². The number of hydrogen-bond donors (Lipinski definition) is 1. The van der Waals surface area contributed by atoms with Gasteiger partial charge < -0.3 is 5.32 Å². The summed E-state index contributed by atoms with van der Waals surface area (Å²) in [7, 11) is 3.56. The Hall–Kier alpha value is -2.38. The van der Waals surface area contributed by atoms with Crippen LogP contribution < -0.4 is 5.32 Å². The number of nitro groups is 1. The molecule has 0 aliphatic heterocycles. The summed E-state index contributed by atoms with van der Waals surface area (Å²) in [6.45, 7) is 4.37. The second-order valence-electron chi connectivity index (χ2n) is 5.04. The van der Waals surface area contributed by atoms with Gasteiger partial charge in [-0.15, -0.1) is 0 Å². The standard InChI is InChI=1S/C13H20N6O2/c1-5-6-11-12(19(20)21)13(18(4)16-11)14-7-10-8-17(3)15-9(10)2/h8,14H,5-7H2,1-4H3. The Bertz CT molecular complexity index is 658. The third-order valence-corrected chi connectivity index (χ3v) is 3.32. The summed E-state index contributed by atoms with van der Waals surface area (Å²) in [6.07, 6.45) is 3.31. The first-order valence-electron chi connectivity index (χ1n) is 6.87. The molecule has 2 aromatic heterocycles. The molecule has 21 heavy (non-hydrogen) atoms. The first-order valence-corrected chi connectivity index (χ1v) is 6.87. The highest BCUT2D eigenvalue weighted by atomic mass is 16.6. The lowest BCUT2D eigenvalue weighted by molar-refractivity contribution is -0.384. The monoisotopic (exact) mass is 292 g/mol. The molecule has 8 nitrogen and oxygen atoms in total. The van der Waals surface area contributed by atoms with Crippen LogP contribution in [0.2, 0.25) is 0 Å². The average molecular weight is 292 g/mol. The first-order chi connectivity index (χ1) is 9.93. The lowest BCUT2D eigenvalue weighted by Crippen LogP contribution is -2.06. The number of nitrogens with zero attached hydrogens (tertiary/aromatic N) is 5. The third kappa shape index (κ3) is 3.04. The molecule has 0 atom stereocenters. The van der Waals surface area contributed by atoms with Crippen molar-refractivity contribution in [1.82, 2.24) is 19.6 Å². The van der Waals surface area contributed by atoms with E-state index >= 15 is 0 Å². The van der Waals surface area contributed by atoms with Gasteiger partial charge in [-0.05, 0) is 13.3 Å². The zero-order valence-electron chi connectivity index (χ0n) is 12.8. The topological polar surface area (TPSA) is 90.8 Å². The number of aromatic nitrogens is 4. The van der Waals surface area contributed by atoms with Gasteiger partial charge in [0, 0.05) is 32.4 Å². The van der Waals surface area contributed by atoms with Crippen LogP contribution in [-0.4, -0.2) is 24.5 Å². The van der Waals surface area contributed by atoms with Gasteiger partial charge in [-0.25, -0.2) is 4.68 Å². The van der Waals surface area contributed by atoms with E-state index in [1.54, 1.807) is 11.7 Å². The Morgan fingerprint density at radius 2 is 2.10 bits per heavy atom. The maximum absolute atomic E-state index is 11.3. The molecule has 0 spiro atoms. The van der Waals surface area contributed by atoms with Crippen LogP contribution in [0.1, 0.15) is 30.3 Å². The fourth-order valence-corrected chi connectivity index (χ4v) is 2.36. The average Bonchev–Trinajstić information content (AvgIpc) is 2.87. The lowest BCUT2D eigenvalue weighted by atomic mass is 10.2. The molecular formula is C13H20N6O2. The third-order valence-electron chi connectivity index (χ3n) is 3.32. The van der Waals surface area contributed by atoms with Gasteiger partial charge in [0.2, 0.25) is 5.82 Å². The predicted molar refractivity (Wildman–Crippen MR) is 79.1 cm³/mol. The van der Waals surface area contributed by atoms with Crippen LogP contribution >= 0.6 is 0 Å². The Morgan fingerprint density at radius 3 is 2.62 bits per heavy atom. The number of rotatable bonds is 6. The summed E-state index contributed by atoms with van der Waals surface area (Å²) in [6, 6.07) is 0. The highest BCUT2D eigenvalue weighted by molar-refractivity contribution is 5.60. The molecule has 0 fully saturated rings. The molecule has 0 amide bonds. The number of anilines is 1. The summed E-state index contributed by atoms with van der Waals surface area (Å²) < 4.78 is 3.27.